The van der Waals surface area contributed by atoms with E-state index < -0.39 is 7.25 Å². The van der Waals surface area contributed by atoms with Crippen LogP contribution in [0.4, 0.5) is 17.3 Å². The third-order valence-electron chi connectivity index (χ3n) is 2.38. The topological polar surface area (TPSA) is 45.7 Å². The Morgan fingerprint density at radius 3 is 2.28 bits per heavy atom. The molecule has 1 unspecified atom stereocenters. The second-order valence-electron chi connectivity index (χ2n) is 4.05. The maximum Gasteiger partial charge on any atom is 0.673 e. The van der Waals surface area contributed by atoms with E-state index in [-0.39, 0.29) is 6.04 Å². The summed E-state index contributed by atoms with van der Waals surface area (Å²) in [6, 6.07) is 0.159. The van der Waals surface area contributed by atoms with Crippen LogP contribution in [0.5, 0.6) is 0 Å². The van der Waals surface area contributed by atoms with Crippen molar-refractivity contribution in [3.8, 4) is 0 Å². The third-order valence-corrected chi connectivity index (χ3v) is 2.38. The highest BCUT2D eigenvalue weighted by Crippen LogP contribution is 2.11. The van der Waals surface area contributed by atoms with Crippen molar-refractivity contribution in [2.75, 3.05) is 0 Å². The van der Waals surface area contributed by atoms with Crippen molar-refractivity contribution in [2.24, 2.45) is 12.8 Å². The molecule has 0 bridgehead atoms. The van der Waals surface area contributed by atoms with Gasteiger partial charge in [0.15, 0.2) is 0 Å². The second-order valence-corrected chi connectivity index (χ2v) is 4.05. The molecule has 0 aromatic carbocycles. The number of nitrogens with two attached hydrogens (primary N) is 1. The molecule has 106 valence electrons. The third kappa shape index (κ3) is 9.03. The summed E-state index contributed by atoms with van der Waals surface area (Å²) in [4.78, 5) is 3.17. The molecule has 1 heterocycles. The molecular formula is C10H20BF4N3. The quantitative estimate of drug-likeness (QED) is 0.367. The van der Waals surface area contributed by atoms with E-state index in [1.165, 1.54) is 19.3 Å². The summed E-state index contributed by atoms with van der Waals surface area (Å²) in [7, 11) is -3.98. The van der Waals surface area contributed by atoms with Gasteiger partial charge < -0.3 is 23.0 Å². The summed E-state index contributed by atoms with van der Waals surface area (Å²) in [5.41, 5.74) is 6.03. The van der Waals surface area contributed by atoms with Gasteiger partial charge in [-0.1, -0.05) is 26.2 Å². The molecule has 0 aliphatic heterocycles. The van der Waals surface area contributed by atoms with Gasteiger partial charge in [0.1, 0.15) is 18.4 Å². The van der Waals surface area contributed by atoms with E-state index in [0.717, 1.165) is 12.2 Å². The number of halogens is 4. The average Bonchev–Trinajstić information content (AvgIpc) is 2.62. The largest absolute Gasteiger partial charge is 0.673 e. The number of nitrogens with one attached hydrogen (secondary N) is 1. The number of H-pyrrole nitrogens is 1. The van der Waals surface area contributed by atoms with Crippen molar-refractivity contribution in [3.05, 3.63) is 18.2 Å². The molecule has 0 spiro atoms. The van der Waals surface area contributed by atoms with Crippen LogP contribution in [0.25, 0.3) is 0 Å². The summed E-state index contributed by atoms with van der Waals surface area (Å²) in [5.74, 6) is 1.12. The van der Waals surface area contributed by atoms with Crippen molar-refractivity contribution in [1.29, 1.82) is 0 Å². The van der Waals surface area contributed by atoms with Crippen LogP contribution in [0, 0.1) is 0 Å². The standard InChI is InChI=1S/C10H19N3.BF4/c1-3-4-5-6-9(11)10-12-7-8-13(10)2;2-1(3,4)5/h7-9H,3-6,11H2,1-2H3;/q;-1/p+1. The van der Waals surface area contributed by atoms with Gasteiger partial charge in [-0.2, -0.15) is 0 Å². The van der Waals surface area contributed by atoms with Crippen LogP contribution in [-0.4, -0.2) is 12.2 Å². The number of imidazole rings is 1. The first kappa shape index (κ1) is 17.0. The normalized spacial score (nSPS) is 12.8. The fraction of sp³-hybridized carbons (Fsp3) is 0.700. The summed E-state index contributed by atoms with van der Waals surface area (Å²) < 4.78 is 41.1. The fourth-order valence-electron chi connectivity index (χ4n) is 1.54. The van der Waals surface area contributed by atoms with Crippen molar-refractivity contribution in [1.82, 2.24) is 4.98 Å². The number of hydrogen-bond acceptors (Lipinski definition) is 1. The summed E-state index contributed by atoms with van der Waals surface area (Å²) in [6.07, 6.45) is 8.74. The number of aromatic amines is 1. The van der Waals surface area contributed by atoms with Crippen molar-refractivity contribution in [3.63, 3.8) is 0 Å². The predicted molar refractivity (Wildman–Crippen MR) is 63.2 cm³/mol. The number of hydrogen-bond donors (Lipinski definition) is 2. The molecule has 1 atom stereocenters. The highest BCUT2D eigenvalue weighted by atomic mass is 19.5. The van der Waals surface area contributed by atoms with Gasteiger partial charge in [0, 0.05) is 0 Å². The lowest BCUT2D eigenvalue weighted by Crippen LogP contribution is -2.34. The maximum absolute atomic E-state index is 9.75. The number of rotatable bonds is 5. The van der Waals surface area contributed by atoms with Crippen molar-refractivity contribution < 1.29 is 21.8 Å². The van der Waals surface area contributed by atoms with Crippen molar-refractivity contribution >= 4 is 7.25 Å². The van der Waals surface area contributed by atoms with Crippen molar-refractivity contribution in [2.45, 2.75) is 38.6 Å². The lowest BCUT2D eigenvalue weighted by molar-refractivity contribution is -0.679. The Kier molecular flexibility index (Phi) is 7.65. The highest BCUT2D eigenvalue weighted by Gasteiger charge is 2.20. The van der Waals surface area contributed by atoms with Gasteiger partial charge in [-0.3, -0.25) is 0 Å². The first-order chi connectivity index (χ1) is 8.25. The Bertz CT molecular complexity index is 321. The maximum atomic E-state index is 9.75. The van der Waals surface area contributed by atoms with E-state index in [1.807, 2.05) is 19.4 Å². The molecule has 1 rings (SSSR count). The summed E-state index contributed by atoms with van der Waals surface area (Å²) in [5, 5.41) is 0. The minimum absolute atomic E-state index is 0.159. The molecule has 0 saturated heterocycles. The highest BCUT2D eigenvalue weighted by molar-refractivity contribution is 6.50. The Balaban J connectivity index is 0.000000494. The van der Waals surface area contributed by atoms with Gasteiger partial charge in [-0.05, 0) is 6.42 Å². The molecule has 8 heteroatoms. The monoisotopic (exact) mass is 269 g/mol. The van der Waals surface area contributed by atoms with Crippen LogP contribution < -0.4 is 10.3 Å². The zero-order chi connectivity index (χ0) is 14.2. The molecule has 0 aliphatic carbocycles. The minimum atomic E-state index is -6.00. The minimum Gasteiger partial charge on any atom is -0.418 e. The smallest absolute Gasteiger partial charge is 0.418 e. The van der Waals surface area contributed by atoms with Crippen LogP contribution in [-0.2, 0) is 7.05 Å². The number of aromatic nitrogens is 2. The molecule has 1 aromatic heterocycles. The van der Waals surface area contributed by atoms with E-state index in [0.29, 0.717) is 0 Å². The lowest BCUT2D eigenvalue weighted by Gasteiger charge is -2.05. The molecule has 0 radical (unpaired) electrons. The number of unbranched alkanes of at least 4 members (excludes halogenated alkanes) is 2. The van der Waals surface area contributed by atoms with E-state index in [2.05, 4.69) is 16.5 Å². The Morgan fingerprint density at radius 1 is 1.33 bits per heavy atom. The van der Waals surface area contributed by atoms with Gasteiger partial charge in [-0.25, -0.2) is 9.55 Å². The molecular weight excluding hydrogens is 249 g/mol. The van der Waals surface area contributed by atoms with Crippen LogP contribution in [0.15, 0.2) is 12.4 Å². The SMILES string of the molecule is CCCCCC(N)c1[nH]cc[n+]1C.F[B-](F)(F)F. The zero-order valence-electron chi connectivity index (χ0n) is 10.7. The van der Waals surface area contributed by atoms with Crippen LogP contribution >= 0.6 is 0 Å². The summed E-state index contributed by atoms with van der Waals surface area (Å²) >= 11 is 0. The van der Waals surface area contributed by atoms with Crippen LogP contribution in [0.3, 0.4) is 0 Å². The van der Waals surface area contributed by atoms with Gasteiger partial charge in [-0.15, -0.1) is 0 Å². The molecule has 0 fully saturated rings. The molecule has 18 heavy (non-hydrogen) atoms. The number of aryl methyl sites for hydroxylation is 1. The van der Waals surface area contributed by atoms with Gasteiger partial charge in [0.05, 0.1) is 7.05 Å². The summed E-state index contributed by atoms with van der Waals surface area (Å²) in [6.45, 7) is 2.21. The zero-order valence-corrected chi connectivity index (χ0v) is 10.7. The molecule has 3 nitrogen and oxygen atoms in total. The van der Waals surface area contributed by atoms with E-state index in [4.69, 9.17) is 5.73 Å². The van der Waals surface area contributed by atoms with Gasteiger partial charge in [0.2, 0.25) is 0 Å². The predicted octanol–water partition coefficient (Wildman–Crippen LogP) is 2.72. The van der Waals surface area contributed by atoms with E-state index in [1.54, 1.807) is 0 Å². The number of nitrogens with zero attached hydrogens (tertiary/aromatic N) is 1. The molecule has 0 aliphatic rings. The first-order valence-electron chi connectivity index (χ1n) is 5.91. The second kappa shape index (κ2) is 8.13. The Hall–Kier alpha value is -1.05. The molecule has 1 aromatic rings. The molecule has 3 N–H and O–H groups in total. The average molecular weight is 269 g/mol. The molecule has 0 saturated carbocycles. The van der Waals surface area contributed by atoms with E-state index in [9.17, 15) is 17.3 Å². The van der Waals surface area contributed by atoms with Crippen LogP contribution in [0.2, 0.25) is 0 Å². The lowest BCUT2D eigenvalue weighted by atomic mass is 10.1. The van der Waals surface area contributed by atoms with Gasteiger partial charge >= 0.3 is 7.25 Å². The van der Waals surface area contributed by atoms with Gasteiger partial charge in [0.25, 0.3) is 5.82 Å². The van der Waals surface area contributed by atoms with Crippen LogP contribution in [0.1, 0.15) is 44.5 Å². The van der Waals surface area contributed by atoms with E-state index >= 15 is 0 Å². The fourth-order valence-corrected chi connectivity index (χ4v) is 1.54. The Morgan fingerprint density at radius 2 is 1.89 bits per heavy atom. The first-order valence-corrected chi connectivity index (χ1v) is 5.91. The Labute approximate surface area is 104 Å². The molecule has 0 amide bonds.